The Bertz CT molecular complexity index is 513. The van der Waals surface area contributed by atoms with Crippen LogP contribution in [0, 0.1) is 13.0 Å². The summed E-state index contributed by atoms with van der Waals surface area (Å²) >= 11 is 5.73. The van der Waals surface area contributed by atoms with Crippen molar-refractivity contribution in [1.82, 2.24) is 9.97 Å². The van der Waals surface area contributed by atoms with Gasteiger partial charge in [0.15, 0.2) is 0 Å². The largest absolute Gasteiger partial charge is 0.343 e. The highest BCUT2D eigenvalue weighted by atomic mass is 35.5. The van der Waals surface area contributed by atoms with Crippen LogP contribution in [0.2, 0.25) is 5.02 Å². The Morgan fingerprint density at radius 2 is 2.38 bits per heavy atom. The summed E-state index contributed by atoms with van der Waals surface area (Å²) in [5, 5.41) is 0.990. The van der Waals surface area contributed by atoms with E-state index < -0.39 is 0 Å². The number of benzene rings is 1. The number of nitrogens with zero attached hydrogens (tertiary/aromatic N) is 1. The summed E-state index contributed by atoms with van der Waals surface area (Å²) in [5.74, 6) is 0.583. The monoisotopic (exact) mass is 193 g/mol. The number of rotatable bonds is 0. The molecule has 0 aliphatic carbocycles. The second-order valence-electron chi connectivity index (χ2n) is 2.74. The molecule has 1 aromatic carbocycles. The lowest BCUT2D eigenvalue weighted by Crippen LogP contribution is -2.09. The number of H-pyrrole nitrogens is 1. The van der Waals surface area contributed by atoms with Crippen molar-refractivity contribution < 1.29 is 0 Å². The van der Waals surface area contributed by atoms with Crippen LogP contribution in [0.1, 0.15) is 5.82 Å². The van der Waals surface area contributed by atoms with Gasteiger partial charge in [-0.15, -0.1) is 0 Å². The number of aromatic amines is 1. The Hall–Kier alpha value is -1.35. The maximum absolute atomic E-state index is 11.3. The third-order valence-corrected chi connectivity index (χ3v) is 1.95. The Morgan fingerprint density at radius 3 is 3.15 bits per heavy atom. The molecule has 0 aliphatic rings. The molecule has 1 aromatic heterocycles. The van der Waals surface area contributed by atoms with E-state index in [0.717, 1.165) is 0 Å². The number of halogens is 1. The van der Waals surface area contributed by atoms with Crippen molar-refractivity contribution in [3.05, 3.63) is 39.4 Å². The third-order valence-electron chi connectivity index (χ3n) is 1.73. The maximum atomic E-state index is 11.3. The van der Waals surface area contributed by atoms with Gasteiger partial charge >= 0.3 is 0 Å². The number of hydrogen-bond acceptors (Lipinski definition) is 2. The first-order valence-electron chi connectivity index (χ1n) is 3.75. The Balaban J connectivity index is 2.95. The second kappa shape index (κ2) is 2.85. The molecule has 0 amide bonds. The number of nitrogens with one attached hydrogen (secondary N) is 1. The van der Waals surface area contributed by atoms with Crippen LogP contribution in [0.5, 0.6) is 0 Å². The van der Waals surface area contributed by atoms with Crippen molar-refractivity contribution >= 4 is 22.5 Å². The van der Waals surface area contributed by atoms with E-state index >= 15 is 0 Å². The Labute approximate surface area is 79.4 Å². The van der Waals surface area contributed by atoms with Crippen molar-refractivity contribution in [1.29, 1.82) is 0 Å². The lowest BCUT2D eigenvalue weighted by Gasteiger charge is -1.98. The fourth-order valence-electron chi connectivity index (χ4n) is 1.18. The molecule has 1 heterocycles. The molecular weight excluding hydrogens is 188 g/mol. The molecule has 0 bridgehead atoms. The van der Waals surface area contributed by atoms with Gasteiger partial charge in [-0.3, -0.25) is 4.79 Å². The van der Waals surface area contributed by atoms with Crippen LogP contribution >= 0.6 is 11.6 Å². The number of fused-ring (bicyclic) bond motifs is 1. The zero-order valence-electron chi connectivity index (χ0n) is 6.89. The summed E-state index contributed by atoms with van der Waals surface area (Å²) in [5.41, 5.74) is 0.445. The predicted octanol–water partition coefficient (Wildman–Crippen LogP) is 1.69. The minimum Gasteiger partial charge on any atom is -0.343 e. The molecule has 2 aromatic rings. The highest BCUT2D eigenvalue weighted by molar-refractivity contribution is 6.31. The summed E-state index contributed by atoms with van der Waals surface area (Å²) in [6, 6.07) is 5.94. The number of hydrogen-bond donors (Lipinski definition) is 1. The van der Waals surface area contributed by atoms with Gasteiger partial charge in [-0.1, -0.05) is 11.6 Å². The fourth-order valence-corrected chi connectivity index (χ4v) is 1.34. The van der Waals surface area contributed by atoms with Gasteiger partial charge in [0, 0.05) is 6.07 Å². The van der Waals surface area contributed by atoms with Crippen LogP contribution in [0.4, 0.5) is 0 Å². The molecule has 4 heteroatoms. The molecule has 13 heavy (non-hydrogen) atoms. The SMILES string of the molecule is Cc1nc(=O)c2c[c]c(Cl)cc2[nH]1. The van der Waals surface area contributed by atoms with Crippen LogP contribution in [0.25, 0.3) is 10.9 Å². The molecular formula is C9H6ClN2O. The summed E-state index contributed by atoms with van der Waals surface area (Å²) in [6.45, 7) is 1.73. The summed E-state index contributed by atoms with van der Waals surface area (Å²) in [7, 11) is 0. The molecule has 1 radical (unpaired) electrons. The third kappa shape index (κ3) is 1.42. The minimum absolute atomic E-state index is 0.251. The molecule has 0 atom stereocenters. The van der Waals surface area contributed by atoms with E-state index in [1.54, 1.807) is 19.1 Å². The first-order chi connectivity index (χ1) is 6.16. The van der Waals surface area contributed by atoms with E-state index in [1.165, 1.54) is 0 Å². The molecule has 2 rings (SSSR count). The maximum Gasteiger partial charge on any atom is 0.280 e. The van der Waals surface area contributed by atoms with Crippen molar-refractivity contribution in [2.75, 3.05) is 0 Å². The molecule has 1 N–H and O–H groups in total. The van der Waals surface area contributed by atoms with E-state index in [-0.39, 0.29) is 5.56 Å². The molecule has 0 saturated carbocycles. The topological polar surface area (TPSA) is 45.8 Å². The van der Waals surface area contributed by atoms with E-state index in [2.05, 4.69) is 16.0 Å². The van der Waals surface area contributed by atoms with Gasteiger partial charge in [-0.25, -0.2) is 0 Å². The highest BCUT2D eigenvalue weighted by Gasteiger charge is 2.00. The molecule has 0 spiro atoms. The van der Waals surface area contributed by atoms with Crippen molar-refractivity contribution in [3.8, 4) is 0 Å². The lowest BCUT2D eigenvalue weighted by atomic mass is 10.2. The van der Waals surface area contributed by atoms with E-state index in [0.29, 0.717) is 21.7 Å². The normalized spacial score (nSPS) is 10.6. The van der Waals surface area contributed by atoms with Crippen LogP contribution in [-0.2, 0) is 0 Å². The van der Waals surface area contributed by atoms with Gasteiger partial charge < -0.3 is 4.98 Å². The van der Waals surface area contributed by atoms with Gasteiger partial charge in [0.1, 0.15) is 5.82 Å². The smallest absolute Gasteiger partial charge is 0.280 e. The standard InChI is InChI=1S/C9H6ClN2O/c1-5-11-8-4-6(10)2-3-7(8)9(13)12-5/h3-4H,1H3,(H,11,12,13). The van der Waals surface area contributed by atoms with Crippen LogP contribution in [0.15, 0.2) is 16.9 Å². The van der Waals surface area contributed by atoms with Gasteiger partial charge in [-0.2, -0.15) is 4.98 Å². The average Bonchev–Trinajstić information content (AvgIpc) is 2.02. The molecule has 65 valence electrons. The minimum atomic E-state index is -0.251. The van der Waals surface area contributed by atoms with Gasteiger partial charge in [0.25, 0.3) is 5.56 Å². The van der Waals surface area contributed by atoms with E-state index in [9.17, 15) is 4.79 Å². The van der Waals surface area contributed by atoms with Crippen molar-refractivity contribution in [2.45, 2.75) is 6.92 Å². The molecule has 0 aliphatic heterocycles. The van der Waals surface area contributed by atoms with Gasteiger partial charge in [-0.05, 0) is 19.1 Å². The highest BCUT2D eigenvalue weighted by Crippen LogP contribution is 2.13. The zero-order valence-corrected chi connectivity index (χ0v) is 7.64. The van der Waals surface area contributed by atoms with E-state index in [1.807, 2.05) is 0 Å². The Morgan fingerprint density at radius 1 is 1.62 bits per heavy atom. The van der Waals surface area contributed by atoms with Crippen LogP contribution in [0.3, 0.4) is 0 Å². The molecule has 3 nitrogen and oxygen atoms in total. The van der Waals surface area contributed by atoms with E-state index in [4.69, 9.17) is 11.6 Å². The molecule has 0 fully saturated rings. The molecule has 0 saturated heterocycles. The van der Waals surface area contributed by atoms with Crippen molar-refractivity contribution in [2.24, 2.45) is 0 Å². The average molecular weight is 194 g/mol. The van der Waals surface area contributed by atoms with Crippen LogP contribution < -0.4 is 5.56 Å². The van der Waals surface area contributed by atoms with Gasteiger partial charge in [0.2, 0.25) is 0 Å². The summed E-state index contributed by atoms with van der Waals surface area (Å²) < 4.78 is 0. The first-order valence-corrected chi connectivity index (χ1v) is 4.12. The Kier molecular flexibility index (Phi) is 1.81. The fraction of sp³-hybridized carbons (Fsp3) is 0.111. The number of aryl methyl sites for hydroxylation is 1. The van der Waals surface area contributed by atoms with Crippen molar-refractivity contribution in [3.63, 3.8) is 0 Å². The van der Waals surface area contributed by atoms with Crippen LogP contribution in [-0.4, -0.2) is 9.97 Å². The predicted molar refractivity (Wildman–Crippen MR) is 50.9 cm³/mol. The second-order valence-corrected chi connectivity index (χ2v) is 3.14. The summed E-state index contributed by atoms with van der Waals surface area (Å²) in [4.78, 5) is 18.0. The molecule has 0 unspecified atom stereocenters. The zero-order chi connectivity index (χ0) is 9.42. The summed E-state index contributed by atoms with van der Waals surface area (Å²) in [6.07, 6.45) is 0. The lowest BCUT2D eigenvalue weighted by molar-refractivity contribution is 1.06. The number of aromatic nitrogens is 2. The quantitative estimate of drug-likeness (QED) is 0.692. The first kappa shape index (κ1) is 8.26. The van der Waals surface area contributed by atoms with Gasteiger partial charge in [0.05, 0.1) is 15.9 Å².